The van der Waals surface area contributed by atoms with E-state index >= 15 is 0 Å². The minimum Gasteiger partial charge on any atom is -0.435 e. The van der Waals surface area contributed by atoms with Gasteiger partial charge in [-0.3, -0.25) is 0 Å². The molecule has 0 aromatic heterocycles. The van der Waals surface area contributed by atoms with E-state index in [1.165, 1.54) is 24.3 Å². The van der Waals surface area contributed by atoms with E-state index in [0.29, 0.717) is 5.02 Å². The number of ether oxygens (including phenoxy) is 1. The van der Waals surface area contributed by atoms with Gasteiger partial charge in [-0.15, -0.1) is 0 Å². The van der Waals surface area contributed by atoms with E-state index in [1.54, 1.807) is 0 Å². The summed E-state index contributed by atoms with van der Waals surface area (Å²) in [5, 5.41) is -0.368. The van der Waals surface area contributed by atoms with Gasteiger partial charge in [-0.2, -0.15) is 0 Å². The second-order valence-corrected chi connectivity index (χ2v) is 6.61. The second kappa shape index (κ2) is 4.74. The molecule has 1 aromatic rings. The third-order valence-corrected chi connectivity index (χ3v) is 5.28. The van der Waals surface area contributed by atoms with Crippen molar-refractivity contribution in [1.29, 1.82) is 0 Å². The minimum atomic E-state index is -3.95. The topological polar surface area (TPSA) is 60.4 Å². The van der Waals surface area contributed by atoms with Gasteiger partial charge < -0.3 is 4.74 Å². The molecule has 1 heterocycles. The highest BCUT2D eigenvalue weighted by molar-refractivity contribution is 7.92. The van der Waals surface area contributed by atoms with Crippen molar-refractivity contribution in [3.63, 3.8) is 0 Å². The lowest BCUT2D eigenvalue weighted by atomic mass is 10.4. The summed E-state index contributed by atoms with van der Waals surface area (Å²) in [6.45, 7) is 0. The Balaban J connectivity index is 2.45. The largest absolute Gasteiger partial charge is 0.435 e. The zero-order valence-electron chi connectivity index (χ0n) is 8.56. The molecule has 0 fully saturated rings. The highest BCUT2D eigenvalue weighted by Crippen LogP contribution is 2.34. The molecule has 1 aliphatic heterocycles. The van der Waals surface area contributed by atoms with Crippen LogP contribution in [0, 0.1) is 0 Å². The number of halogens is 3. The zero-order chi connectivity index (χ0) is 13.5. The molecular formula is C10H5Cl3O4S. The van der Waals surface area contributed by atoms with Crippen LogP contribution in [0.25, 0.3) is 0 Å². The molecule has 0 aliphatic carbocycles. The molecule has 0 N–H and O–H groups in total. The molecule has 1 aliphatic rings. The molecule has 0 saturated heterocycles. The molecule has 0 saturated carbocycles. The van der Waals surface area contributed by atoms with Gasteiger partial charge in [0.2, 0.25) is 15.3 Å². The molecule has 4 nitrogen and oxygen atoms in total. The summed E-state index contributed by atoms with van der Waals surface area (Å²) in [4.78, 5) is 11.1. The van der Waals surface area contributed by atoms with Crippen molar-refractivity contribution < 1.29 is 17.9 Å². The van der Waals surface area contributed by atoms with E-state index in [0.717, 1.165) is 0 Å². The summed E-state index contributed by atoms with van der Waals surface area (Å²) in [5.74, 6) is -0.954. The molecule has 8 heteroatoms. The maximum Gasteiger partial charge on any atom is 0.352 e. The van der Waals surface area contributed by atoms with Gasteiger partial charge in [0.15, 0.2) is 0 Å². The third-order valence-electron chi connectivity index (χ3n) is 2.23. The molecule has 0 radical (unpaired) electrons. The number of carbonyl (C=O) groups excluding carboxylic acids is 1. The zero-order valence-corrected chi connectivity index (χ0v) is 11.6. The van der Waals surface area contributed by atoms with Gasteiger partial charge in [-0.25, -0.2) is 13.2 Å². The van der Waals surface area contributed by atoms with Crippen molar-refractivity contribution in [2.24, 2.45) is 0 Å². The highest BCUT2D eigenvalue weighted by Gasteiger charge is 2.42. The fraction of sp³-hybridized carbons (Fsp3) is 0.100. The summed E-state index contributed by atoms with van der Waals surface area (Å²) >= 11 is 16.9. The Morgan fingerprint density at radius 1 is 1.06 bits per heavy atom. The maximum absolute atomic E-state index is 12.1. The van der Waals surface area contributed by atoms with Gasteiger partial charge in [0.1, 0.15) is 10.1 Å². The summed E-state index contributed by atoms with van der Waals surface area (Å²) in [6, 6.07) is 5.40. The van der Waals surface area contributed by atoms with Crippen LogP contribution in [0.3, 0.4) is 0 Å². The van der Waals surface area contributed by atoms with Gasteiger partial charge in [-0.1, -0.05) is 34.8 Å². The monoisotopic (exact) mass is 326 g/mol. The minimum absolute atomic E-state index is 0.0609. The number of benzene rings is 1. The molecule has 0 unspecified atom stereocenters. The summed E-state index contributed by atoms with van der Waals surface area (Å²) in [7, 11) is -3.95. The SMILES string of the molecule is O=C1O[C@H](S(=O)(=O)c2ccc(Cl)cc2)C(Cl)=C1Cl. The quantitative estimate of drug-likeness (QED) is 0.784. The molecular weight excluding hydrogens is 323 g/mol. The van der Waals surface area contributed by atoms with Crippen LogP contribution < -0.4 is 0 Å². The summed E-state index contributed by atoms with van der Waals surface area (Å²) in [5.41, 5.74) is -1.60. The molecule has 18 heavy (non-hydrogen) atoms. The first kappa shape index (κ1) is 13.7. The Hall–Kier alpha value is -0.750. The van der Waals surface area contributed by atoms with Crippen LogP contribution in [0.1, 0.15) is 0 Å². The van der Waals surface area contributed by atoms with Gasteiger partial charge >= 0.3 is 5.97 Å². The highest BCUT2D eigenvalue weighted by atomic mass is 35.5. The number of carbonyl (C=O) groups is 1. The first-order chi connectivity index (χ1) is 8.34. The smallest absolute Gasteiger partial charge is 0.352 e. The normalized spacial score (nSPS) is 20.2. The van der Waals surface area contributed by atoms with Crippen LogP contribution >= 0.6 is 34.8 Å². The van der Waals surface area contributed by atoms with Crippen molar-refractivity contribution in [2.45, 2.75) is 10.3 Å². The molecule has 1 atom stereocenters. The van der Waals surface area contributed by atoms with E-state index in [-0.39, 0.29) is 9.93 Å². The van der Waals surface area contributed by atoms with Crippen LogP contribution in [-0.2, 0) is 19.4 Å². The first-order valence-electron chi connectivity index (χ1n) is 4.59. The lowest BCUT2D eigenvalue weighted by Crippen LogP contribution is -2.22. The summed E-state index contributed by atoms with van der Waals surface area (Å²) < 4.78 is 28.9. The average Bonchev–Trinajstić information content (AvgIpc) is 2.58. The number of sulfone groups is 1. The molecule has 1 aromatic carbocycles. The molecule has 0 bridgehead atoms. The number of hydrogen-bond donors (Lipinski definition) is 0. The lowest BCUT2D eigenvalue weighted by Gasteiger charge is -2.11. The van der Waals surface area contributed by atoms with Gasteiger partial charge in [-0.05, 0) is 24.3 Å². The predicted molar refractivity (Wildman–Crippen MR) is 67.2 cm³/mol. The average molecular weight is 328 g/mol. The molecule has 2 rings (SSSR count). The molecule has 0 spiro atoms. The lowest BCUT2D eigenvalue weighted by molar-refractivity contribution is -0.136. The Morgan fingerprint density at radius 3 is 2.06 bits per heavy atom. The Morgan fingerprint density at radius 2 is 1.61 bits per heavy atom. The fourth-order valence-electron chi connectivity index (χ4n) is 1.35. The Labute approximate surface area is 118 Å². The number of cyclic esters (lactones) is 1. The second-order valence-electron chi connectivity index (χ2n) is 3.40. The first-order valence-corrected chi connectivity index (χ1v) is 7.27. The van der Waals surface area contributed by atoms with Crippen molar-refractivity contribution in [3.05, 3.63) is 39.4 Å². The van der Waals surface area contributed by atoms with Gasteiger partial charge in [0.25, 0.3) is 0 Å². The van der Waals surface area contributed by atoms with Crippen molar-refractivity contribution in [2.75, 3.05) is 0 Å². The van der Waals surface area contributed by atoms with Crippen LogP contribution in [0.15, 0.2) is 39.2 Å². The van der Waals surface area contributed by atoms with Crippen molar-refractivity contribution >= 4 is 50.6 Å². The predicted octanol–water partition coefficient (Wildman–Crippen LogP) is 2.69. The maximum atomic E-state index is 12.1. The van der Waals surface area contributed by atoms with Gasteiger partial charge in [0.05, 0.1) is 4.90 Å². The van der Waals surface area contributed by atoms with Crippen LogP contribution in [0.2, 0.25) is 5.02 Å². The summed E-state index contributed by atoms with van der Waals surface area (Å²) in [6.07, 6.45) is 0. The number of esters is 1. The van der Waals surface area contributed by atoms with Crippen LogP contribution in [0.4, 0.5) is 0 Å². The van der Waals surface area contributed by atoms with E-state index in [1.807, 2.05) is 0 Å². The van der Waals surface area contributed by atoms with Crippen molar-refractivity contribution in [3.8, 4) is 0 Å². The number of hydrogen-bond acceptors (Lipinski definition) is 4. The molecule has 0 amide bonds. The van der Waals surface area contributed by atoms with Crippen molar-refractivity contribution in [1.82, 2.24) is 0 Å². The van der Waals surface area contributed by atoms with E-state index in [4.69, 9.17) is 34.8 Å². The van der Waals surface area contributed by atoms with E-state index in [2.05, 4.69) is 4.74 Å². The third kappa shape index (κ3) is 2.23. The van der Waals surface area contributed by atoms with Crippen LogP contribution in [-0.4, -0.2) is 19.8 Å². The fourth-order valence-corrected chi connectivity index (χ4v) is 3.52. The molecule has 96 valence electrons. The number of rotatable bonds is 2. The van der Waals surface area contributed by atoms with E-state index in [9.17, 15) is 13.2 Å². The standard InChI is InChI=1S/C10H5Cl3O4S/c11-5-1-3-6(4-2-5)18(15,16)10-8(13)7(12)9(14)17-10/h1-4,10H/t10-/m1/s1. The Kier molecular flexibility index (Phi) is 3.60. The van der Waals surface area contributed by atoms with E-state index < -0.39 is 26.3 Å². The van der Waals surface area contributed by atoms with Crippen LogP contribution in [0.5, 0.6) is 0 Å². The Bertz CT molecular complexity index is 634. The van der Waals surface area contributed by atoms with Gasteiger partial charge in [0, 0.05) is 5.02 Å².